The molecular formula is C17H11F2I2O8S2-. The summed E-state index contributed by atoms with van der Waals surface area (Å²) in [6, 6.07) is 7.94. The second-order valence-corrected chi connectivity index (χ2v) is 11.2. The largest absolute Gasteiger partial charge is 0.743 e. The van der Waals surface area contributed by atoms with Crippen LogP contribution in [0.15, 0.2) is 47.9 Å². The van der Waals surface area contributed by atoms with E-state index in [1.807, 2.05) is 0 Å². The third-order valence-electron chi connectivity index (χ3n) is 3.56. The molecule has 14 heteroatoms. The van der Waals surface area contributed by atoms with Gasteiger partial charge in [0.15, 0.2) is 22.5 Å². The Morgan fingerprint density at radius 1 is 1.13 bits per heavy atom. The molecule has 0 bridgehead atoms. The quantitative estimate of drug-likeness (QED) is 0.177. The fourth-order valence-electron chi connectivity index (χ4n) is 2.02. The van der Waals surface area contributed by atoms with Crippen LogP contribution in [-0.2, 0) is 25.0 Å². The Balaban J connectivity index is 2.40. The normalized spacial score (nSPS) is 12.3. The van der Waals surface area contributed by atoms with E-state index in [0.29, 0.717) is 9.13 Å². The third-order valence-corrected chi connectivity index (χ3v) is 7.07. The topological polar surface area (TPSA) is 127 Å². The van der Waals surface area contributed by atoms with Gasteiger partial charge in [-0.15, -0.1) is 0 Å². The first kappa shape index (κ1) is 25.9. The highest BCUT2D eigenvalue weighted by Crippen LogP contribution is 2.32. The zero-order chi connectivity index (χ0) is 23.6. The molecule has 0 aliphatic carbocycles. The highest BCUT2D eigenvalue weighted by Gasteiger charge is 2.40. The van der Waals surface area contributed by atoms with Crippen molar-refractivity contribution in [3.8, 4) is 5.75 Å². The first-order chi connectivity index (χ1) is 14.2. The van der Waals surface area contributed by atoms with Gasteiger partial charge in [-0.25, -0.2) is 13.2 Å². The van der Waals surface area contributed by atoms with Crippen molar-refractivity contribution >= 4 is 77.5 Å². The molecule has 8 nitrogen and oxygen atoms in total. The summed E-state index contributed by atoms with van der Waals surface area (Å²) in [5.74, 6) is -2.01. The molecule has 2 aromatic rings. The molecule has 0 radical (unpaired) electrons. The molecule has 2 aromatic carbocycles. The van der Waals surface area contributed by atoms with Crippen molar-refractivity contribution in [2.75, 3.05) is 6.61 Å². The number of esters is 1. The van der Waals surface area contributed by atoms with E-state index in [2.05, 4.69) is 11.3 Å². The lowest BCUT2D eigenvalue weighted by Crippen LogP contribution is -2.34. The van der Waals surface area contributed by atoms with E-state index in [-0.39, 0.29) is 8.47 Å². The van der Waals surface area contributed by atoms with E-state index >= 15 is 0 Å². The first-order valence-corrected chi connectivity index (χ1v) is 12.8. The van der Waals surface area contributed by atoms with E-state index < -0.39 is 49.4 Å². The summed E-state index contributed by atoms with van der Waals surface area (Å²) in [6.45, 7) is 1.50. The lowest BCUT2D eigenvalue weighted by molar-refractivity contribution is -0.0101. The van der Waals surface area contributed by atoms with E-state index in [1.165, 1.54) is 36.4 Å². The Morgan fingerprint density at radius 3 is 2.23 bits per heavy atom. The van der Waals surface area contributed by atoms with Gasteiger partial charge in [0.2, 0.25) is 0 Å². The fraction of sp³-hybridized carbons (Fsp3) is 0.118. The molecule has 0 heterocycles. The lowest BCUT2D eigenvalue weighted by Gasteiger charge is -2.20. The van der Waals surface area contributed by atoms with Crippen LogP contribution in [0.1, 0.15) is 15.9 Å². The summed E-state index contributed by atoms with van der Waals surface area (Å²) in [6.07, 6.45) is 1.49. The predicted octanol–water partition coefficient (Wildman–Crippen LogP) is 3.60. The van der Waals surface area contributed by atoms with Crippen LogP contribution in [0.5, 0.6) is 5.75 Å². The maximum absolute atomic E-state index is 13.3. The molecule has 0 saturated carbocycles. The summed E-state index contributed by atoms with van der Waals surface area (Å²) >= 11 is 3.44. The highest BCUT2D eigenvalue weighted by molar-refractivity contribution is 14.1. The van der Waals surface area contributed by atoms with Crippen molar-refractivity contribution in [3.05, 3.63) is 61.2 Å². The van der Waals surface area contributed by atoms with E-state index in [4.69, 9.17) is 4.18 Å². The zero-order valence-corrected chi connectivity index (χ0v) is 21.0. The average molecular weight is 699 g/mol. The predicted molar refractivity (Wildman–Crippen MR) is 121 cm³/mol. The van der Waals surface area contributed by atoms with Crippen LogP contribution in [0.4, 0.5) is 8.78 Å². The Bertz CT molecular complexity index is 1230. The minimum atomic E-state index is -6.07. The molecule has 0 aliphatic rings. The Kier molecular flexibility index (Phi) is 8.05. The summed E-state index contributed by atoms with van der Waals surface area (Å²) in [7, 11) is -10.5. The molecule has 0 atom stereocenters. The van der Waals surface area contributed by atoms with Crippen molar-refractivity contribution < 1.29 is 43.9 Å². The number of carbonyl (C=O) groups is 1. The molecule has 0 fully saturated rings. The van der Waals surface area contributed by atoms with Crippen LogP contribution in [0, 0.1) is 7.14 Å². The van der Waals surface area contributed by atoms with Gasteiger partial charge in [0.05, 0.1) is 3.57 Å². The number of ether oxygens (including phenoxy) is 1. The molecule has 0 unspecified atom stereocenters. The van der Waals surface area contributed by atoms with Gasteiger partial charge in [-0.1, -0.05) is 24.8 Å². The van der Waals surface area contributed by atoms with Gasteiger partial charge in [0.25, 0.3) is 0 Å². The molecule has 0 saturated heterocycles. The van der Waals surface area contributed by atoms with Crippen molar-refractivity contribution in [1.82, 2.24) is 0 Å². The number of alkyl halides is 2. The molecule has 0 spiro atoms. The Hall–Kier alpha value is -1.37. The van der Waals surface area contributed by atoms with E-state index in [1.54, 1.807) is 45.2 Å². The van der Waals surface area contributed by atoms with E-state index in [9.17, 15) is 35.0 Å². The standard InChI is InChI=1S/C17H12F2I2O8S2/c1-2-10-3-5-12(6-4-10)30(23,24)29-15-13(7-11(20)8-14(15)21)16(22)28-9-17(18,19)31(25,26)27/h2-8H,1,9H2,(H,25,26,27)/p-1. The maximum Gasteiger partial charge on any atom is 0.367 e. The van der Waals surface area contributed by atoms with Gasteiger partial charge in [-0.3, -0.25) is 0 Å². The van der Waals surface area contributed by atoms with Crippen molar-refractivity contribution in [2.45, 2.75) is 10.2 Å². The Labute approximate surface area is 203 Å². The van der Waals surface area contributed by atoms with Gasteiger partial charge in [-0.2, -0.15) is 17.2 Å². The number of rotatable bonds is 8. The van der Waals surface area contributed by atoms with Crippen molar-refractivity contribution in [1.29, 1.82) is 0 Å². The monoisotopic (exact) mass is 699 g/mol. The summed E-state index contributed by atoms with van der Waals surface area (Å²) in [5, 5.41) is -4.86. The third kappa shape index (κ3) is 6.33. The number of benzene rings is 2. The summed E-state index contributed by atoms with van der Waals surface area (Å²) in [4.78, 5) is 12.1. The first-order valence-electron chi connectivity index (χ1n) is 7.84. The van der Waals surface area contributed by atoms with Crippen molar-refractivity contribution in [2.24, 2.45) is 0 Å². The molecular weight excluding hydrogens is 688 g/mol. The molecule has 0 aromatic heterocycles. The van der Waals surface area contributed by atoms with E-state index in [0.717, 1.165) is 6.07 Å². The van der Waals surface area contributed by atoms with Gasteiger partial charge in [0, 0.05) is 3.57 Å². The van der Waals surface area contributed by atoms with Gasteiger partial charge in [-0.05, 0) is 75.0 Å². The second-order valence-electron chi connectivity index (χ2n) is 5.74. The average Bonchev–Trinajstić information content (AvgIpc) is 2.67. The van der Waals surface area contributed by atoms with Crippen LogP contribution in [0.25, 0.3) is 6.08 Å². The maximum atomic E-state index is 13.3. The molecule has 0 N–H and O–H groups in total. The smallest absolute Gasteiger partial charge is 0.367 e. The fourth-order valence-corrected chi connectivity index (χ4v) is 5.30. The number of hydrogen-bond donors (Lipinski definition) is 0. The number of carbonyl (C=O) groups excluding carboxylic acids is 1. The SMILES string of the molecule is C=Cc1ccc(S(=O)(=O)Oc2c(I)cc(I)cc2C(=O)OCC(F)(F)S(=O)(=O)[O-])cc1. The Morgan fingerprint density at radius 2 is 1.71 bits per heavy atom. The minimum absolute atomic E-state index is 0.131. The zero-order valence-electron chi connectivity index (χ0n) is 15.1. The van der Waals surface area contributed by atoms with Gasteiger partial charge < -0.3 is 13.5 Å². The van der Waals surface area contributed by atoms with Crippen LogP contribution in [0.3, 0.4) is 0 Å². The lowest BCUT2D eigenvalue weighted by atomic mass is 10.2. The van der Waals surface area contributed by atoms with Crippen LogP contribution < -0.4 is 4.18 Å². The minimum Gasteiger partial charge on any atom is -0.743 e. The molecule has 0 aliphatic heterocycles. The van der Waals surface area contributed by atoms with Crippen LogP contribution in [-0.4, -0.2) is 39.2 Å². The summed E-state index contributed by atoms with van der Waals surface area (Å²) < 4.78 is 93.4. The van der Waals surface area contributed by atoms with Gasteiger partial charge >= 0.3 is 21.3 Å². The highest BCUT2D eigenvalue weighted by atomic mass is 127. The number of hydrogen-bond acceptors (Lipinski definition) is 8. The summed E-state index contributed by atoms with van der Waals surface area (Å²) in [5.41, 5.74) is 0.0861. The molecule has 31 heavy (non-hydrogen) atoms. The van der Waals surface area contributed by atoms with Gasteiger partial charge in [0.1, 0.15) is 10.5 Å². The molecule has 168 valence electrons. The molecule has 2 rings (SSSR count). The number of halogens is 4. The second kappa shape index (κ2) is 9.63. The van der Waals surface area contributed by atoms with Crippen LogP contribution >= 0.6 is 45.2 Å². The molecule has 0 amide bonds. The van der Waals surface area contributed by atoms with Crippen LogP contribution in [0.2, 0.25) is 0 Å². The van der Waals surface area contributed by atoms with Crippen molar-refractivity contribution in [3.63, 3.8) is 0 Å².